The number of hydrogen-bond donors (Lipinski definition) is 2. The molecule has 0 atom stereocenters. The van der Waals surface area contributed by atoms with Crippen molar-refractivity contribution in [1.29, 1.82) is 0 Å². The zero-order valence-electron chi connectivity index (χ0n) is 14.2. The summed E-state index contributed by atoms with van der Waals surface area (Å²) in [6.45, 7) is -0.0438. The average molecular weight is 419 g/mol. The maximum absolute atomic E-state index is 15.1. The van der Waals surface area contributed by atoms with Crippen LogP contribution in [0.2, 0.25) is 10.0 Å². The van der Waals surface area contributed by atoms with Crippen LogP contribution in [0.25, 0.3) is 11.0 Å². The number of aromatic amines is 1. The van der Waals surface area contributed by atoms with Crippen LogP contribution in [0.15, 0.2) is 53.7 Å². The van der Waals surface area contributed by atoms with Crippen LogP contribution in [-0.2, 0) is 6.54 Å². The van der Waals surface area contributed by atoms with Crippen molar-refractivity contribution >= 4 is 39.9 Å². The maximum atomic E-state index is 15.1. The Labute approximate surface area is 168 Å². The van der Waals surface area contributed by atoms with E-state index >= 15 is 4.39 Å². The van der Waals surface area contributed by atoms with Gasteiger partial charge in [0.2, 0.25) is 0 Å². The molecule has 0 radical (unpaired) electrons. The summed E-state index contributed by atoms with van der Waals surface area (Å²) in [5.74, 6) is -0.623. The van der Waals surface area contributed by atoms with Gasteiger partial charge in [-0.25, -0.2) is 9.37 Å². The Morgan fingerprint density at radius 3 is 2.82 bits per heavy atom. The first kappa shape index (κ1) is 18.3. The van der Waals surface area contributed by atoms with Gasteiger partial charge in [-0.1, -0.05) is 29.3 Å². The van der Waals surface area contributed by atoms with Gasteiger partial charge >= 0.3 is 0 Å². The van der Waals surface area contributed by atoms with Crippen molar-refractivity contribution in [2.75, 3.05) is 5.73 Å². The lowest BCUT2D eigenvalue weighted by atomic mass is 10.2. The van der Waals surface area contributed by atoms with E-state index in [0.717, 1.165) is 0 Å². The Balaban J connectivity index is 1.71. The summed E-state index contributed by atoms with van der Waals surface area (Å²) in [5.41, 5.74) is 6.90. The van der Waals surface area contributed by atoms with Gasteiger partial charge in [-0.15, -0.1) is 0 Å². The smallest absolute Gasteiger partial charge is 0.277 e. The highest BCUT2D eigenvalue weighted by Gasteiger charge is 2.17. The lowest BCUT2D eigenvalue weighted by molar-refractivity contribution is 0.437. The molecule has 0 aliphatic carbocycles. The Hall–Kier alpha value is -3.03. The summed E-state index contributed by atoms with van der Waals surface area (Å²) in [6, 6.07) is 9.21. The number of nitrogen functional groups attached to an aromatic ring is 1. The summed E-state index contributed by atoms with van der Waals surface area (Å²) in [5, 5.41) is 0.421. The highest BCUT2D eigenvalue weighted by Crippen LogP contribution is 2.35. The van der Waals surface area contributed by atoms with Crippen molar-refractivity contribution in [2.24, 2.45) is 0 Å². The van der Waals surface area contributed by atoms with E-state index in [2.05, 4.69) is 9.97 Å². The number of H-pyrrole nitrogens is 1. The van der Waals surface area contributed by atoms with Crippen LogP contribution in [-0.4, -0.2) is 14.5 Å². The number of halogens is 3. The first-order valence-corrected chi connectivity index (χ1v) is 8.91. The summed E-state index contributed by atoms with van der Waals surface area (Å²) in [4.78, 5) is 19.5. The minimum Gasteiger partial charge on any atom is -0.453 e. The third kappa shape index (κ3) is 3.42. The Kier molecular flexibility index (Phi) is 4.70. The number of nitrogens with zero attached hydrogens (tertiary/aromatic N) is 2. The van der Waals surface area contributed by atoms with Gasteiger partial charge in [0.1, 0.15) is 11.3 Å². The number of hydrogen-bond acceptors (Lipinski definition) is 4. The number of nitrogens with one attached hydrogen (secondary N) is 1. The Morgan fingerprint density at radius 1 is 1.21 bits per heavy atom. The minimum absolute atomic E-state index is 0.0438. The van der Waals surface area contributed by atoms with Crippen molar-refractivity contribution in [3.05, 3.63) is 80.7 Å². The third-order valence-electron chi connectivity index (χ3n) is 4.12. The van der Waals surface area contributed by atoms with Crippen LogP contribution < -0.4 is 16.0 Å². The average Bonchev–Trinajstić information content (AvgIpc) is 3.12. The van der Waals surface area contributed by atoms with Crippen LogP contribution in [0, 0.1) is 5.82 Å². The predicted octanol–water partition coefficient (Wildman–Crippen LogP) is 4.59. The van der Waals surface area contributed by atoms with Gasteiger partial charge in [0, 0.05) is 28.5 Å². The van der Waals surface area contributed by atoms with Crippen molar-refractivity contribution in [3.63, 3.8) is 0 Å². The standard InChI is InChI=1S/C19H13Cl2FN4O2/c20-11-5-12(23)7-13(6-11)28-18-14(21)2-1-10(16(18)22)8-26-9-25-15-3-4-24-17(15)19(26)27/h1-7,9,24H,8,23H2. The topological polar surface area (TPSA) is 85.9 Å². The zero-order valence-corrected chi connectivity index (χ0v) is 15.8. The second-order valence-electron chi connectivity index (χ2n) is 6.09. The number of rotatable bonds is 4. The fourth-order valence-electron chi connectivity index (χ4n) is 2.81. The molecule has 2 heterocycles. The van der Waals surface area contributed by atoms with E-state index in [1.165, 1.54) is 35.2 Å². The number of ether oxygens (including phenoxy) is 1. The molecule has 0 fully saturated rings. The van der Waals surface area contributed by atoms with E-state index < -0.39 is 5.82 Å². The summed E-state index contributed by atoms with van der Waals surface area (Å²) < 4.78 is 22.0. The van der Waals surface area contributed by atoms with Gasteiger partial charge < -0.3 is 15.5 Å². The summed E-state index contributed by atoms with van der Waals surface area (Å²) in [7, 11) is 0. The molecule has 0 unspecified atom stereocenters. The van der Waals surface area contributed by atoms with E-state index in [4.69, 9.17) is 33.7 Å². The number of anilines is 1. The van der Waals surface area contributed by atoms with E-state index in [0.29, 0.717) is 21.7 Å². The Bertz CT molecular complexity index is 1230. The fourth-order valence-corrected chi connectivity index (χ4v) is 3.23. The molecule has 2 aromatic carbocycles. The van der Waals surface area contributed by atoms with E-state index in [1.807, 2.05) is 0 Å². The maximum Gasteiger partial charge on any atom is 0.277 e. The van der Waals surface area contributed by atoms with Gasteiger partial charge in [0.25, 0.3) is 5.56 Å². The number of aromatic nitrogens is 3. The normalized spacial score (nSPS) is 11.1. The van der Waals surface area contributed by atoms with Gasteiger partial charge in [-0.3, -0.25) is 9.36 Å². The van der Waals surface area contributed by atoms with Crippen LogP contribution in [0.3, 0.4) is 0 Å². The van der Waals surface area contributed by atoms with Gasteiger partial charge in [-0.2, -0.15) is 0 Å². The summed E-state index contributed by atoms with van der Waals surface area (Å²) in [6.07, 6.45) is 2.99. The quantitative estimate of drug-likeness (QED) is 0.474. The van der Waals surface area contributed by atoms with E-state index in [-0.39, 0.29) is 34.2 Å². The molecule has 0 aliphatic rings. The molecule has 4 rings (SSSR count). The molecule has 0 bridgehead atoms. The molecule has 0 spiro atoms. The molecule has 0 saturated carbocycles. The van der Waals surface area contributed by atoms with E-state index in [9.17, 15) is 4.79 Å². The first-order chi connectivity index (χ1) is 13.4. The van der Waals surface area contributed by atoms with Crippen LogP contribution in [0.1, 0.15) is 5.56 Å². The largest absolute Gasteiger partial charge is 0.453 e. The molecule has 28 heavy (non-hydrogen) atoms. The third-order valence-corrected chi connectivity index (χ3v) is 4.64. The molecule has 9 heteroatoms. The number of benzene rings is 2. The fraction of sp³-hybridized carbons (Fsp3) is 0.0526. The summed E-state index contributed by atoms with van der Waals surface area (Å²) >= 11 is 12.1. The number of fused-ring (bicyclic) bond motifs is 1. The minimum atomic E-state index is -0.690. The number of nitrogens with two attached hydrogens (primary N) is 1. The van der Waals surface area contributed by atoms with Crippen molar-refractivity contribution < 1.29 is 9.13 Å². The molecule has 3 N–H and O–H groups in total. The van der Waals surface area contributed by atoms with E-state index in [1.54, 1.807) is 18.3 Å². The second-order valence-corrected chi connectivity index (χ2v) is 6.93. The molecule has 2 aromatic heterocycles. The molecule has 4 aromatic rings. The molecule has 6 nitrogen and oxygen atoms in total. The first-order valence-electron chi connectivity index (χ1n) is 8.15. The monoisotopic (exact) mass is 418 g/mol. The van der Waals surface area contributed by atoms with Gasteiger partial charge in [0.15, 0.2) is 11.6 Å². The van der Waals surface area contributed by atoms with Crippen LogP contribution >= 0.6 is 23.2 Å². The highest BCUT2D eigenvalue weighted by atomic mass is 35.5. The zero-order chi connectivity index (χ0) is 19.8. The van der Waals surface area contributed by atoms with Gasteiger partial charge in [0.05, 0.1) is 23.4 Å². The lowest BCUT2D eigenvalue weighted by Crippen LogP contribution is -2.21. The van der Waals surface area contributed by atoms with Crippen molar-refractivity contribution in [2.45, 2.75) is 6.54 Å². The highest BCUT2D eigenvalue weighted by molar-refractivity contribution is 6.32. The molecule has 0 saturated heterocycles. The lowest BCUT2D eigenvalue weighted by Gasteiger charge is -2.13. The van der Waals surface area contributed by atoms with Crippen LogP contribution in [0.5, 0.6) is 11.5 Å². The van der Waals surface area contributed by atoms with Crippen molar-refractivity contribution in [1.82, 2.24) is 14.5 Å². The molecule has 0 aliphatic heterocycles. The van der Waals surface area contributed by atoms with Crippen molar-refractivity contribution in [3.8, 4) is 11.5 Å². The molecular formula is C19H13Cl2FN4O2. The predicted molar refractivity (Wildman–Crippen MR) is 107 cm³/mol. The Morgan fingerprint density at radius 2 is 2.04 bits per heavy atom. The van der Waals surface area contributed by atoms with Gasteiger partial charge in [-0.05, 0) is 24.3 Å². The second kappa shape index (κ2) is 7.18. The molecular weight excluding hydrogens is 406 g/mol. The molecule has 0 amide bonds. The molecule has 142 valence electrons. The SMILES string of the molecule is Nc1cc(Cl)cc(Oc2c(Cl)ccc(Cn3cnc4cc[nH]c4c3=O)c2F)c1. The van der Waals surface area contributed by atoms with Crippen LogP contribution in [0.4, 0.5) is 10.1 Å².